The Hall–Kier alpha value is -2.73. The van der Waals surface area contributed by atoms with Gasteiger partial charge in [0.15, 0.2) is 6.61 Å². The minimum Gasteiger partial charge on any atom is -0.496 e. The number of ether oxygens (including phenoxy) is 2. The molecule has 0 saturated carbocycles. The van der Waals surface area contributed by atoms with Crippen molar-refractivity contribution >= 4 is 23.4 Å². The van der Waals surface area contributed by atoms with Crippen molar-refractivity contribution in [1.29, 1.82) is 0 Å². The van der Waals surface area contributed by atoms with Crippen LogP contribution in [0.25, 0.3) is 0 Å². The van der Waals surface area contributed by atoms with Gasteiger partial charge in [0.05, 0.1) is 7.11 Å². The molecule has 2 aromatic carbocycles. The maximum atomic E-state index is 13.0. The first-order chi connectivity index (χ1) is 13.8. The molecule has 0 heterocycles. The van der Waals surface area contributed by atoms with Crippen LogP contribution in [0.1, 0.15) is 19.4 Å². The number of nitrogens with zero attached hydrogens (tertiary/aromatic N) is 1. The van der Waals surface area contributed by atoms with Crippen molar-refractivity contribution in [3.63, 3.8) is 0 Å². The number of methoxy groups -OCH3 is 1. The maximum Gasteiger partial charge on any atom is 0.258 e. The van der Waals surface area contributed by atoms with Crippen molar-refractivity contribution in [2.75, 3.05) is 20.8 Å². The molecule has 0 aliphatic rings. The smallest absolute Gasteiger partial charge is 0.258 e. The summed E-state index contributed by atoms with van der Waals surface area (Å²) in [6.07, 6.45) is 0. The standard InChI is InChI=1S/C22H27ClN2O4/c1-15(2)21(24-20(26)14-29-18-8-6-5-7-9-18)22(27)25(3)13-16-12-17(23)10-11-19(16)28-4/h5-12,15,21H,13-14H2,1-4H3,(H,24,26). The summed E-state index contributed by atoms with van der Waals surface area (Å²) in [4.78, 5) is 26.9. The van der Waals surface area contributed by atoms with Gasteiger partial charge in [0.1, 0.15) is 17.5 Å². The first-order valence-corrected chi connectivity index (χ1v) is 9.74. The molecule has 2 rings (SSSR count). The number of benzene rings is 2. The molecule has 0 bridgehead atoms. The molecule has 0 aliphatic heterocycles. The van der Waals surface area contributed by atoms with Gasteiger partial charge in [0.25, 0.3) is 5.91 Å². The molecule has 1 atom stereocenters. The zero-order valence-electron chi connectivity index (χ0n) is 17.1. The fourth-order valence-corrected chi connectivity index (χ4v) is 3.03. The number of likely N-dealkylation sites (N-methyl/N-ethyl adjacent to an activating group) is 1. The Labute approximate surface area is 176 Å². The average Bonchev–Trinajstić information content (AvgIpc) is 2.70. The molecule has 1 unspecified atom stereocenters. The van der Waals surface area contributed by atoms with Crippen LogP contribution < -0.4 is 14.8 Å². The van der Waals surface area contributed by atoms with Gasteiger partial charge in [0.2, 0.25) is 5.91 Å². The van der Waals surface area contributed by atoms with Gasteiger partial charge in [-0.1, -0.05) is 43.6 Å². The van der Waals surface area contributed by atoms with E-state index in [9.17, 15) is 9.59 Å². The summed E-state index contributed by atoms with van der Waals surface area (Å²) in [5, 5.41) is 3.34. The minimum absolute atomic E-state index is 0.0908. The summed E-state index contributed by atoms with van der Waals surface area (Å²) in [7, 11) is 3.25. The van der Waals surface area contributed by atoms with Gasteiger partial charge in [0, 0.05) is 24.2 Å². The van der Waals surface area contributed by atoms with Crippen LogP contribution in [0.4, 0.5) is 0 Å². The lowest BCUT2D eigenvalue weighted by Crippen LogP contribution is -2.51. The van der Waals surface area contributed by atoms with Gasteiger partial charge in [-0.05, 0) is 36.2 Å². The molecule has 0 fully saturated rings. The Morgan fingerprint density at radius 3 is 2.45 bits per heavy atom. The topological polar surface area (TPSA) is 67.9 Å². The van der Waals surface area contributed by atoms with Gasteiger partial charge in [-0.25, -0.2) is 0 Å². The van der Waals surface area contributed by atoms with E-state index in [0.29, 0.717) is 23.1 Å². The SMILES string of the molecule is COc1ccc(Cl)cc1CN(C)C(=O)C(NC(=O)COc1ccccc1)C(C)C. The summed E-state index contributed by atoms with van der Waals surface area (Å²) in [5.74, 6) is 0.604. The highest BCUT2D eigenvalue weighted by Crippen LogP contribution is 2.24. The molecule has 2 aromatic rings. The van der Waals surface area contributed by atoms with Crippen molar-refractivity contribution in [1.82, 2.24) is 10.2 Å². The van der Waals surface area contributed by atoms with Crippen LogP contribution in [-0.4, -0.2) is 43.5 Å². The first-order valence-electron chi connectivity index (χ1n) is 9.36. The van der Waals surface area contributed by atoms with Gasteiger partial charge in [-0.15, -0.1) is 0 Å². The van der Waals surface area contributed by atoms with Crippen molar-refractivity contribution in [3.05, 3.63) is 59.1 Å². The van der Waals surface area contributed by atoms with E-state index in [1.807, 2.05) is 32.0 Å². The normalized spacial score (nSPS) is 11.7. The number of rotatable bonds is 9. The lowest BCUT2D eigenvalue weighted by atomic mass is 10.0. The molecule has 0 aliphatic carbocycles. The van der Waals surface area contributed by atoms with Crippen molar-refractivity contribution in [2.24, 2.45) is 5.92 Å². The minimum atomic E-state index is -0.669. The van der Waals surface area contributed by atoms with E-state index in [0.717, 1.165) is 5.56 Å². The van der Waals surface area contributed by atoms with Crippen molar-refractivity contribution in [2.45, 2.75) is 26.4 Å². The molecule has 0 spiro atoms. The highest BCUT2D eigenvalue weighted by atomic mass is 35.5. The molecule has 7 heteroatoms. The fraction of sp³-hybridized carbons (Fsp3) is 0.364. The number of amides is 2. The van der Waals surface area contributed by atoms with Crippen LogP contribution >= 0.6 is 11.6 Å². The number of halogens is 1. The number of hydrogen-bond acceptors (Lipinski definition) is 4. The summed E-state index contributed by atoms with van der Waals surface area (Å²) >= 11 is 6.07. The van der Waals surface area contributed by atoms with E-state index < -0.39 is 6.04 Å². The van der Waals surface area contributed by atoms with Crippen LogP contribution in [0.2, 0.25) is 5.02 Å². The van der Waals surface area contributed by atoms with Gasteiger partial charge < -0.3 is 19.7 Å². The Morgan fingerprint density at radius 1 is 1.14 bits per heavy atom. The third kappa shape index (κ3) is 6.68. The van der Waals surface area contributed by atoms with Gasteiger partial charge in [-0.3, -0.25) is 9.59 Å². The van der Waals surface area contributed by atoms with Gasteiger partial charge >= 0.3 is 0 Å². The molecular formula is C22H27ClN2O4. The third-order valence-electron chi connectivity index (χ3n) is 4.39. The molecule has 6 nitrogen and oxygen atoms in total. The van der Waals surface area contributed by atoms with Crippen LogP contribution in [0.5, 0.6) is 11.5 Å². The molecule has 0 aromatic heterocycles. The second-order valence-electron chi connectivity index (χ2n) is 7.04. The fourth-order valence-electron chi connectivity index (χ4n) is 2.84. The van der Waals surface area contributed by atoms with E-state index in [2.05, 4.69) is 5.32 Å². The quantitative estimate of drug-likeness (QED) is 0.676. The van der Waals surface area contributed by atoms with E-state index >= 15 is 0 Å². The average molecular weight is 419 g/mol. The predicted octanol–water partition coefficient (Wildman–Crippen LogP) is 3.53. The molecule has 156 valence electrons. The second-order valence-corrected chi connectivity index (χ2v) is 7.48. The van der Waals surface area contributed by atoms with Crippen molar-refractivity contribution < 1.29 is 19.1 Å². The number of hydrogen-bond donors (Lipinski definition) is 1. The van der Waals surface area contributed by atoms with Crippen molar-refractivity contribution in [3.8, 4) is 11.5 Å². The van der Waals surface area contributed by atoms with Crippen LogP contribution in [0, 0.1) is 5.92 Å². The van der Waals surface area contributed by atoms with E-state index in [1.54, 1.807) is 49.4 Å². The monoisotopic (exact) mass is 418 g/mol. The number of nitrogens with one attached hydrogen (secondary N) is 1. The zero-order chi connectivity index (χ0) is 21.4. The summed E-state index contributed by atoms with van der Waals surface area (Å²) in [6.45, 7) is 3.91. The first kappa shape index (κ1) is 22.6. The molecular weight excluding hydrogens is 392 g/mol. The summed E-state index contributed by atoms with van der Waals surface area (Å²) in [5.41, 5.74) is 0.789. The molecule has 0 radical (unpaired) electrons. The van der Waals surface area contributed by atoms with E-state index in [1.165, 1.54) is 0 Å². The Bertz CT molecular complexity index is 827. The third-order valence-corrected chi connectivity index (χ3v) is 4.62. The summed E-state index contributed by atoms with van der Waals surface area (Å²) < 4.78 is 10.8. The molecule has 0 saturated heterocycles. The van der Waals surface area contributed by atoms with Crippen LogP contribution in [0.3, 0.4) is 0 Å². The Balaban J connectivity index is 2.00. The molecule has 2 amide bonds. The van der Waals surface area contributed by atoms with E-state index in [4.69, 9.17) is 21.1 Å². The largest absolute Gasteiger partial charge is 0.496 e. The van der Waals surface area contributed by atoms with E-state index in [-0.39, 0.29) is 24.3 Å². The second kappa shape index (κ2) is 10.7. The highest BCUT2D eigenvalue weighted by molar-refractivity contribution is 6.30. The Morgan fingerprint density at radius 2 is 1.83 bits per heavy atom. The van der Waals surface area contributed by atoms with Crippen LogP contribution in [0.15, 0.2) is 48.5 Å². The lowest BCUT2D eigenvalue weighted by Gasteiger charge is -2.27. The number of carbonyl (C=O) groups excluding carboxylic acids is 2. The summed E-state index contributed by atoms with van der Waals surface area (Å²) in [6, 6.07) is 13.6. The number of para-hydroxylation sites is 1. The zero-order valence-corrected chi connectivity index (χ0v) is 17.9. The highest BCUT2D eigenvalue weighted by Gasteiger charge is 2.27. The number of carbonyl (C=O) groups is 2. The molecule has 1 N–H and O–H groups in total. The van der Waals surface area contributed by atoms with Gasteiger partial charge in [-0.2, -0.15) is 0 Å². The maximum absolute atomic E-state index is 13.0. The molecule has 29 heavy (non-hydrogen) atoms. The van der Waals surface area contributed by atoms with Crippen LogP contribution in [-0.2, 0) is 16.1 Å². The predicted molar refractivity (Wildman–Crippen MR) is 113 cm³/mol. The Kier molecular flexibility index (Phi) is 8.34. The lowest BCUT2D eigenvalue weighted by molar-refractivity contribution is -0.137.